The van der Waals surface area contributed by atoms with E-state index < -0.39 is 0 Å². The van der Waals surface area contributed by atoms with E-state index >= 15 is 0 Å². The summed E-state index contributed by atoms with van der Waals surface area (Å²) in [4.78, 5) is 15.1. The Morgan fingerprint density at radius 3 is 2.95 bits per heavy atom. The molecule has 3 rings (SSSR count). The molecule has 20 heavy (non-hydrogen) atoms. The molecule has 0 atom stereocenters. The molecule has 0 fully saturated rings. The van der Waals surface area contributed by atoms with Gasteiger partial charge in [-0.2, -0.15) is 0 Å². The van der Waals surface area contributed by atoms with Gasteiger partial charge in [0, 0.05) is 12.4 Å². The lowest BCUT2D eigenvalue weighted by Crippen LogP contribution is -1.96. The molecule has 3 aromatic rings. The van der Waals surface area contributed by atoms with Crippen molar-refractivity contribution >= 4 is 28.6 Å². The fourth-order valence-corrected chi connectivity index (χ4v) is 2.03. The summed E-state index contributed by atoms with van der Waals surface area (Å²) in [6.07, 6.45) is 3.73. The summed E-state index contributed by atoms with van der Waals surface area (Å²) in [5.41, 5.74) is 2.05. The van der Waals surface area contributed by atoms with Crippen molar-refractivity contribution in [1.82, 2.24) is 4.98 Å². The van der Waals surface area contributed by atoms with E-state index in [9.17, 15) is 9.18 Å². The van der Waals surface area contributed by atoms with Gasteiger partial charge in [0.1, 0.15) is 11.4 Å². The van der Waals surface area contributed by atoms with E-state index in [-0.39, 0.29) is 17.3 Å². The number of carbonyl (C=O) groups is 1. The van der Waals surface area contributed by atoms with Gasteiger partial charge in [0.05, 0.1) is 16.8 Å². The number of anilines is 2. The highest BCUT2D eigenvalue weighted by Crippen LogP contribution is 2.32. The lowest BCUT2D eigenvalue weighted by molar-refractivity contribution is 0.110. The Labute approximate surface area is 114 Å². The quantitative estimate of drug-likeness (QED) is 0.735. The Balaban J connectivity index is 2.12. The van der Waals surface area contributed by atoms with E-state index in [2.05, 4.69) is 10.3 Å². The minimum absolute atomic E-state index is 0.118. The number of hydrogen-bond acceptors (Lipinski definition) is 4. The molecule has 0 aliphatic carbocycles. The minimum Gasteiger partial charge on any atom is -0.451 e. The minimum atomic E-state index is -0.389. The van der Waals surface area contributed by atoms with E-state index in [0.717, 1.165) is 5.56 Å². The zero-order valence-electron chi connectivity index (χ0n) is 10.7. The van der Waals surface area contributed by atoms with Crippen LogP contribution in [0.2, 0.25) is 0 Å². The molecule has 0 bridgehead atoms. The number of nitrogens with one attached hydrogen (secondary N) is 1. The number of nitrogens with zero attached hydrogens (tertiary/aromatic N) is 1. The highest BCUT2D eigenvalue weighted by Gasteiger charge is 2.15. The Hall–Kier alpha value is -2.69. The first-order chi connectivity index (χ1) is 9.69. The SMILES string of the molecule is Cc1ccc(Nc2c(C=O)oc3ccncc23)c(F)c1. The highest BCUT2D eigenvalue weighted by molar-refractivity contribution is 6.00. The molecule has 0 aliphatic heterocycles. The topological polar surface area (TPSA) is 55.1 Å². The lowest BCUT2D eigenvalue weighted by atomic mass is 10.2. The predicted octanol–water partition coefficient (Wildman–Crippen LogP) is 3.83. The van der Waals surface area contributed by atoms with Gasteiger partial charge in [0.15, 0.2) is 12.0 Å². The average molecular weight is 270 g/mol. The van der Waals surface area contributed by atoms with E-state index in [1.807, 2.05) is 0 Å². The van der Waals surface area contributed by atoms with Gasteiger partial charge >= 0.3 is 0 Å². The van der Waals surface area contributed by atoms with Gasteiger partial charge < -0.3 is 9.73 Å². The molecule has 100 valence electrons. The summed E-state index contributed by atoms with van der Waals surface area (Å²) >= 11 is 0. The van der Waals surface area contributed by atoms with Gasteiger partial charge in [0.2, 0.25) is 0 Å². The molecule has 4 nitrogen and oxygen atoms in total. The van der Waals surface area contributed by atoms with Crippen LogP contribution in [0, 0.1) is 12.7 Å². The largest absolute Gasteiger partial charge is 0.451 e. The van der Waals surface area contributed by atoms with E-state index in [1.165, 1.54) is 6.07 Å². The second kappa shape index (κ2) is 4.77. The molecule has 2 heterocycles. The first kappa shape index (κ1) is 12.3. The number of rotatable bonds is 3. The van der Waals surface area contributed by atoms with Crippen molar-refractivity contribution in [2.24, 2.45) is 0 Å². The monoisotopic (exact) mass is 270 g/mol. The maximum absolute atomic E-state index is 13.9. The molecule has 0 saturated carbocycles. The fraction of sp³-hybridized carbons (Fsp3) is 0.0667. The van der Waals surface area contributed by atoms with Crippen LogP contribution in [-0.4, -0.2) is 11.3 Å². The number of pyridine rings is 1. The second-order valence-corrected chi connectivity index (χ2v) is 4.44. The van der Waals surface area contributed by atoms with E-state index in [4.69, 9.17) is 4.42 Å². The van der Waals surface area contributed by atoms with Crippen LogP contribution in [-0.2, 0) is 0 Å². The number of fused-ring (bicyclic) bond motifs is 1. The third-order valence-electron chi connectivity index (χ3n) is 3.01. The van der Waals surface area contributed by atoms with Crippen LogP contribution in [0.5, 0.6) is 0 Å². The summed E-state index contributed by atoms with van der Waals surface area (Å²) in [6.45, 7) is 1.81. The fourth-order valence-electron chi connectivity index (χ4n) is 2.03. The second-order valence-electron chi connectivity index (χ2n) is 4.44. The number of benzene rings is 1. The zero-order valence-corrected chi connectivity index (χ0v) is 10.7. The number of aryl methyl sites for hydroxylation is 1. The van der Waals surface area contributed by atoms with Gasteiger partial charge in [-0.05, 0) is 30.7 Å². The predicted molar refractivity (Wildman–Crippen MR) is 73.8 cm³/mol. The van der Waals surface area contributed by atoms with Crippen molar-refractivity contribution in [2.75, 3.05) is 5.32 Å². The Morgan fingerprint density at radius 1 is 1.35 bits per heavy atom. The first-order valence-corrected chi connectivity index (χ1v) is 6.04. The summed E-state index contributed by atoms with van der Waals surface area (Å²) in [7, 11) is 0. The molecule has 1 aromatic carbocycles. The third kappa shape index (κ3) is 2.03. The van der Waals surface area contributed by atoms with Gasteiger partial charge in [0.25, 0.3) is 0 Å². The molecule has 0 aliphatic rings. The molecule has 0 spiro atoms. The van der Waals surface area contributed by atoms with Crippen molar-refractivity contribution in [1.29, 1.82) is 0 Å². The van der Waals surface area contributed by atoms with Crippen LogP contribution in [0.3, 0.4) is 0 Å². The zero-order chi connectivity index (χ0) is 14.1. The normalized spacial score (nSPS) is 10.7. The third-order valence-corrected chi connectivity index (χ3v) is 3.01. The first-order valence-electron chi connectivity index (χ1n) is 6.04. The summed E-state index contributed by atoms with van der Waals surface area (Å²) in [6, 6.07) is 6.48. The molecule has 5 heteroatoms. The van der Waals surface area contributed by atoms with Crippen LogP contribution in [0.1, 0.15) is 16.1 Å². The molecule has 1 N–H and O–H groups in total. The Morgan fingerprint density at radius 2 is 2.20 bits per heavy atom. The molecule has 0 radical (unpaired) electrons. The molecule has 0 unspecified atom stereocenters. The molecule has 0 saturated heterocycles. The molecular weight excluding hydrogens is 259 g/mol. The summed E-state index contributed by atoms with van der Waals surface area (Å²) in [5.74, 6) is -0.270. The van der Waals surface area contributed by atoms with Gasteiger partial charge in [-0.15, -0.1) is 0 Å². The van der Waals surface area contributed by atoms with Crippen molar-refractivity contribution in [2.45, 2.75) is 6.92 Å². The Kier molecular flexibility index (Phi) is 2.95. The smallest absolute Gasteiger partial charge is 0.191 e. The molecular formula is C15H11FN2O2. The molecule has 2 aromatic heterocycles. The number of aromatic nitrogens is 1. The van der Waals surface area contributed by atoms with Crippen molar-refractivity contribution in [3.63, 3.8) is 0 Å². The maximum atomic E-state index is 13.9. The van der Waals surface area contributed by atoms with Gasteiger partial charge in [-0.25, -0.2) is 4.39 Å². The maximum Gasteiger partial charge on any atom is 0.191 e. The van der Waals surface area contributed by atoms with Gasteiger partial charge in [-0.3, -0.25) is 9.78 Å². The van der Waals surface area contributed by atoms with Crippen LogP contribution >= 0.6 is 0 Å². The average Bonchev–Trinajstić information content (AvgIpc) is 2.80. The lowest BCUT2D eigenvalue weighted by Gasteiger charge is -2.07. The number of furan rings is 1. The van der Waals surface area contributed by atoms with E-state index in [0.29, 0.717) is 22.9 Å². The Bertz CT molecular complexity index is 796. The highest BCUT2D eigenvalue weighted by atomic mass is 19.1. The van der Waals surface area contributed by atoms with Crippen molar-refractivity contribution in [3.05, 3.63) is 53.8 Å². The number of hydrogen-bond donors (Lipinski definition) is 1. The van der Waals surface area contributed by atoms with Crippen LogP contribution < -0.4 is 5.32 Å². The molecule has 0 amide bonds. The summed E-state index contributed by atoms with van der Waals surface area (Å²) < 4.78 is 19.3. The van der Waals surface area contributed by atoms with Crippen LogP contribution in [0.15, 0.2) is 41.1 Å². The van der Waals surface area contributed by atoms with Crippen molar-refractivity contribution < 1.29 is 13.6 Å². The number of aldehydes is 1. The van der Waals surface area contributed by atoms with Crippen molar-refractivity contribution in [3.8, 4) is 0 Å². The van der Waals surface area contributed by atoms with Crippen LogP contribution in [0.25, 0.3) is 11.0 Å². The van der Waals surface area contributed by atoms with Crippen LogP contribution in [0.4, 0.5) is 15.8 Å². The van der Waals surface area contributed by atoms with E-state index in [1.54, 1.807) is 37.5 Å². The number of halogens is 1. The standard InChI is InChI=1S/C15H11FN2O2/c1-9-2-3-12(11(16)6-9)18-15-10-7-17-5-4-13(10)20-14(15)8-19/h2-8,18H,1H3. The summed E-state index contributed by atoms with van der Waals surface area (Å²) in [5, 5.41) is 3.54. The van der Waals surface area contributed by atoms with Gasteiger partial charge in [-0.1, -0.05) is 6.07 Å². The number of carbonyl (C=O) groups excluding carboxylic acids is 1.